The van der Waals surface area contributed by atoms with Crippen LogP contribution in [0, 0.1) is 6.92 Å². The van der Waals surface area contributed by atoms with Gasteiger partial charge in [-0.25, -0.2) is 4.98 Å². The molecule has 1 unspecified atom stereocenters. The fourth-order valence-electron chi connectivity index (χ4n) is 4.24. The molecule has 1 aliphatic heterocycles. The van der Waals surface area contributed by atoms with Gasteiger partial charge in [-0.1, -0.05) is 18.2 Å². The molecule has 2 atom stereocenters. The van der Waals surface area contributed by atoms with Crippen LogP contribution in [0.3, 0.4) is 0 Å². The summed E-state index contributed by atoms with van der Waals surface area (Å²) in [6.07, 6.45) is 9.10. The fourth-order valence-corrected chi connectivity index (χ4v) is 4.24. The highest BCUT2D eigenvalue weighted by atomic mass is 15.1. The van der Waals surface area contributed by atoms with Crippen molar-refractivity contribution in [3.05, 3.63) is 84.1 Å². The first-order valence-corrected chi connectivity index (χ1v) is 9.87. The minimum Gasteiger partial charge on any atom is -0.300 e. The smallest absolute Gasteiger partial charge is 0.137 e. The van der Waals surface area contributed by atoms with Gasteiger partial charge in [-0.2, -0.15) is 0 Å². The van der Waals surface area contributed by atoms with Gasteiger partial charge < -0.3 is 5.32 Å². The molecule has 5 heterocycles. The lowest BCUT2D eigenvalue weighted by Gasteiger charge is -2.31. The van der Waals surface area contributed by atoms with E-state index in [-0.39, 0.29) is 12.1 Å². The molecule has 5 heteroatoms. The van der Waals surface area contributed by atoms with E-state index in [2.05, 4.69) is 51.0 Å². The van der Waals surface area contributed by atoms with E-state index < -0.39 is 0 Å². The van der Waals surface area contributed by atoms with Crippen molar-refractivity contribution in [2.24, 2.45) is 0 Å². The first-order valence-electron chi connectivity index (χ1n) is 9.87. The number of piperidine rings is 1. The topological polar surface area (TPSA) is 55.1 Å². The van der Waals surface area contributed by atoms with Gasteiger partial charge in [-0.05, 0) is 62.1 Å². The van der Waals surface area contributed by atoms with Crippen LogP contribution in [0.25, 0.3) is 17.0 Å². The van der Waals surface area contributed by atoms with E-state index in [0.29, 0.717) is 0 Å². The summed E-state index contributed by atoms with van der Waals surface area (Å²) >= 11 is 0. The molecule has 1 fully saturated rings. The van der Waals surface area contributed by atoms with Crippen molar-refractivity contribution in [1.82, 2.24) is 24.7 Å². The fraction of sp³-hybridized carbons (Fsp3) is 0.261. The number of fused-ring (bicyclic) bond motifs is 1. The number of aromatic nitrogens is 4. The molecule has 1 aliphatic rings. The molecule has 5 nitrogen and oxygen atoms in total. The Hall–Kier alpha value is -3.05. The van der Waals surface area contributed by atoms with E-state index >= 15 is 0 Å². The van der Waals surface area contributed by atoms with E-state index in [1.165, 1.54) is 5.56 Å². The van der Waals surface area contributed by atoms with Crippen LogP contribution in [0.2, 0.25) is 0 Å². The zero-order valence-corrected chi connectivity index (χ0v) is 15.9. The van der Waals surface area contributed by atoms with Crippen LogP contribution in [-0.4, -0.2) is 19.4 Å². The summed E-state index contributed by atoms with van der Waals surface area (Å²) in [5.74, 6) is 0. The van der Waals surface area contributed by atoms with Crippen LogP contribution < -0.4 is 5.32 Å². The van der Waals surface area contributed by atoms with E-state index in [4.69, 9.17) is 4.98 Å². The summed E-state index contributed by atoms with van der Waals surface area (Å²) < 4.78 is 2.15. The van der Waals surface area contributed by atoms with Crippen molar-refractivity contribution < 1.29 is 0 Å². The zero-order valence-electron chi connectivity index (χ0n) is 15.9. The van der Waals surface area contributed by atoms with Crippen molar-refractivity contribution in [1.29, 1.82) is 0 Å². The van der Waals surface area contributed by atoms with Crippen LogP contribution in [0.4, 0.5) is 0 Å². The number of nitrogens with zero attached hydrogens (tertiary/aromatic N) is 4. The Kier molecular flexibility index (Phi) is 4.37. The number of hydrogen-bond acceptors (Lipinski definition) is 4. The summed E-state index contributed by atoms with van der Waals surface area (Å²) in [7, 11) is 0. The lowest BCUT2D eigenvalue weighted by atomic mass is 9.92. The number of pyridine rings is 3. The predicted molar refractivity (Wildman–Crippen MR) is 110 cm³/mol. The number of imidazole rings is 1. The van der Waals surface area contributed by atoms with Crippen molar-refractivity contribution >= 4 is 5.65 Å². The third kappa shape index (κ3) is 2.98. The second-order valence-corrected chi connectivity index (χ2v) is 7.40. The Morgan fingerprint density at radius 1 is 0.893 bits per heavy atom. The Morgan fingerprint density at radius 2 is 1.71 bits per heavy atom. The molecular weight excluding hydrogens is 346 g/mol. The lowest BCUT2D eigenvalue weighted by Crippen LogP contribution is -2.32. The van der Waals surface area contributed by atoms with Gasteiger partial charge in [0.15, 0.2) is 0 Å². The number of aryl methyl sites for hydroxylation is 1. The highest BCUT2D eigenvalue weighted by molar-refractivity contribution is 5.64. The second kappa shape index (κ2) is 7.17. The van der Waals surface area contributed by atoms with Crippen molar-refractivity contribution in [2.45, 2.75) is 38.3 Å². The molecule has 0 aromatic carbocycles. The number of rotatable bonds is 3. The summed E-state index contributed by atoms with van der Waals surface area (Å²) in [4.78, 5) is 14.3. The van der Waals surface area contributed by atoms with Gasteiger partial charge >= 0.3 is 0 Å². The average molecular weight is 369 g/mol. The lowest BCUT2D eigenvalue weighted by molar-refractivity contribution is 0.321. The molecule has 5 rings (SSSR count). The molecule has 0 bridgehead atoms. The maximum absolute atomic E-state index is 5.00. The largest absolute Gasteiger partial charge is 0.300 e. The monoisotopic (exact) mass is 369 g/mol. The van der Waals surface area contributed by atoms with Gasteiger partial charge in [0.1, 0.15) is 5.65 Å². The molecule has 0 amide bonds. The first kappa shape index (κ1) is 17.1. The van der Waals surface area contributed by atoms with Gasteiger partial charge in [-0.15, -0.1) is 0 Å². The highest BCUT2D eigenvalue weighted by Crippen LogP contribution is 2.36. The van der Waals surface area contributed by atoms with Crippen LogP contribution in [0.1, 0.15) is 48.3 Å². The number of hydrogen-bond donors (Lipinski definition) is 1. The second-order valence-electron chi connectivity index (χ2n) is 7.40. The van der Waals surface area contributed by atoms with Gasteiger partial charge in [0.2, 0.25) is 0 Å². The molecule has 1 N–H and O–H groups in total. The Bertz CT molecular complexity index is 1100. The maximum atomic E-state index is 5.00. The van der Waals surface area contributed by atoms with E-state index in [9.17, 15) is 0 Å². The van der Waals surface area contributed by atoms with Crippen LogP contribution in [0.5, 0.6) is 0 Å². The summed E-state index contributed by atoms with van der Waals surface area (Å²) in [6, 6.07) is 16.7. The molecule has 0 aliphatic carbocycles. The van der Waals surface area contributed by atoms with E-state index in [1.807, 2.05) is 42.7 Å². The Balaban J connectivity index is 1.58. The summed E-state index contributed by atoms with van der Waals surface area (Å²) in [5, 5.41) is 3.83. The van der Waals surface area contributed by atoms with Crippen LogP contribution >= 0.6 is 0 Å². The molecule has 0 saturated carbocycles. The Labute approximate surface area is 164 Å². The molecule has 0 spiro atoms. The van der Waals surface area contributed by atoms with Gasteiger partial charge in [-0.3, -0.25) is 14.4 Å². The van der Waals surface area contributed by atoms with Crippen molar-refractivity contribution in [2.75, 3.05) is 0 Å². The molecule has 1 saturated heterocycles. The van der Waals surface area contributed by atoms with Crippen molar-refractivity contribution in [3.63, 3.8) is 0 Å². The minimum absolute atomic E-state index is 0.178. The average Bonchev–Trinajstić information content (AvgIpc) is 3.14. The summed E-state index contributed by atoms with van der Waals surface area (Å²) in [5.41, 5.74) is 6.44. The quantitative estimate of drug-likeness (QED) is 0.571. The molecule has 4 aromatic heterocycles. The normalized spacial score (nSPS) is 19.8. The SMILES string of the molecule is Cc1cccnc1[C@@H]1CCCC(c2nc3ccccn3c2-c2ccccn2)N1. The minimum atomic E-state index is 0.178. The van der Waals surface area contributed by atoms with Gasteiger partial charge in [0.05, 0.1) is 34.9 Å². The van der Waals surface area contributed by atoms with Gasteiger partial charge in [0.25, 0.3) is 0 Å². The maximum Gasteiger partial charge on any atom is 0.137 e. The molecular formula is C23H23N5. The molecule has 28 heavy (non-hydrogen) atoms. The number of nitrogens with one attached hydrogen (secondary N) is 1. The van der Waals surface area contributed by atoms with Crippen LogP contribution in [0.15, 0.2) is 67.1 Å². The van der Waals surface area contributed by atoms with Crippen molar-refractivity contribution in [3.8, 4) is 11.4 Å². The van der Waals surface area contributed by atoms with E-state index in [0.717, 1.165) is 47.7 Å². The third-order valence-electron chi connectivity index (χ3n) is 5.56. The Morgan fingerprint density at radius 3 is 2.54 bits per heavy atom. The standard InChI is InChI=1S/C23H23N5/c1-16-8-7-14-25-21(16)17-10-6-11-18(26-17)22-23(19-9-2-4-13-24-19)28-15-5-3-12-20(28)27-22/h2-5,7-9,12-15,17-18,26H,6,10-11H2,1H3/t17-,18?/m0/s1. The molecule has 0 radical (unpaired) electrons. The third-order valence-corrected chi connectivity index (χ3v) is 5.56. The van der Waals surface area contributed by atoms with Crippen LogP contribution in [-0.2, 0) is 0 Å². The molecule has 140 valence electrons. The summed E-state index contributed by atoms with van der Waals surface area (Å²) in [6.45, 7) is 2.14. The predicted octanol–water partition coefficient (Wildman–Crippen LogP) is 4.66. The highest BCUT2D eigenvalue weighted by Gasteiger charge is 2.29. The first-order chi connectivity index (χ1) is 13.8. The molecule has 4 aromatic rings. The van der Waals surface area contributed by atoms with E-state index in [1.54, 1.807) is 0 Å². The van der Waals surface area contributed by atoms with Gasteiger partial charge in [0, 0.05) is 18.6 Å². The zero-order chi connectivity index (χ0) is 18.9.